The van der Waals surface area contributed by atoms with E-state index < -0.39 is 5.60 Å². The minimum atomic E-state index is -0.803. The molecule has 0 bridgehead atoms. The highest BCUT2D eigenvalue weighted by Gasteiger charge is 2.28. The second-order valence-corrected chi connectivity index (χ2v) is 5.62. The molecule has 100 valence electrons. The van der Waals surface area contributed by atoms with E-state index in [0.717, 1.165) is 16.5 Å². The number of hydrogen-bond acceptors (Lipinski definition) is 2. The first-order chi connectivity index (χ1) is 8.40. The Balaban J connectivity index is 2.80. The van der Waals surface area contributed by atoms with E-state index in [1.54, 1.807) is 21.0 Å². The van der Waals surface area contributed by atoms with Gasteiger partial charge in [-0.1, -0.05) is 35.0 Å². The number of benzene rings is 1. The van der Waals surface area contributed by atoms with E-state index in [-0.39, 0.29) is 11.9 Å². The molecule has 0 aliphatic heterocycles. The van der Waals surface area contributed by atoms with Crippen molar-refractivity contribution in [2.45, 2.75) is 38.8 Å². The number of hydrogen-bond donors (Lipinski definition) is 1. The summed E-state index contributed by atoms with van der Waals surface area (Å²) in [5, 5.41) is 3.01. The van der Waals surface area contributed by atoms with Crippen LogP contribution in [0.2, 0.25) is 0 Å². The SMILES string of the molecule is CCC(NC(=O)C(C)(C)OC)c1ccc(Br)cc1. The molecule has 0 radical (unpaired) electrons. The van der Waals surface area contributed by atoms with E-state index in [1.807, 2.05) is 31.2 Å². The van der Waals surface area contributed by atoms with Crippen molar-refractivity contribution in [3.8, 4) is 0 Å². The highest BCUT2D eigenvalue weighted by atomic mass is 79.9. The van der Waals surface area contributed by atoms with E-state index in [9.17, 15) is 4.79 Å². The van der Waals surface area contributed by atoms with Gasteiger partial charge >= 0.3 is 0 Å². The zero-order chi connectivity index (χ0) is 13.8. The lowest BCUT2D eigenvalue weighted by atomic mass is 10.0. The fraction of sp³-hybridized carbons (Fsp3) is 0.500. The molecule has 1 N–H and O–H groups in total. The summed E-state index contributed by atoms with van der Waals surface area (Å²) in [4.78, 5) is 12.1. The summed E-state index contributed by atoms with van der Waals surface area (Å²) in [6.45, 7) is 5.57. The van der Waals surface area contributed by atoms with Crippen LogP contribution in [0.1, 0.15) is 38.8 Å². The first-order valence-corrected chi connectivity index (χ1v) is 6.81. The van der Waals surface area contributed by atoms with Crippen molar-refractivity contribution in [3.63, 3.8) is 0 Å². The first-order valence-electron chi connectivity index (χ1n) is 6.02. The quantitative estimate of drug-likeness (QED) is 0.904. The van der Waals surface area contributed by atoms with Crippen molar-refractivity contribution >= 4 is 21.8 Å². The van der Waals surface area contributed by atoms with E-state index in [1.165, 1.54) is 0 Å². The number of methoxy groups -OCH3 is 1. The fourth-order valence-corrected chi connectivity index (χ4v) is 1.81. The fourth-order valence-electron chi connectivity index (χ4n) is 1.54. The van der Waals surface area contributed by atoms with Crippen LogP contribution < -0.4 is 5.32 Å². The Morgan fingerprint density at radius 1 is 1.39 bits per heavy atom. The van der Waals surface area contributed by atoms with Gasteiger partial charge in [-0.2, -0.15) is 0 Å². The van der Waals surface area contributed by atoms with Gasteiger partial charge in [-0.3, -0.25) is 4.79 Å². The minimum Gasteiger partial charge on any atom is -0.369 e. The predicted octanol–water partition coefficient (Wildman–Crippen LogP) is 3.44. The Bertz CT molecular complexity index is 401. The number of ether oxygens (including phenoxy) is 1. The second-order valence-electron chi connectivity index (χ2n) is 4.70. The summed E-state index contributed by atoms with van der Waals surface area (Å²) in [6, 6.07) is 7.99. The van der Waals surface area contributed by atoms with Crippen LogP contribution in [0.15, 0.2) is 28.7 Å². The third-order valence-electron chi connectivity index (χ3n) is 3.04. The van der Waals surface area contributed by atoms with Crippen LogP contribution in [0, 0.1) is 0 Å². The highest BCUT2D eigenvalue weighted by Crippen LogP contribution is 2.20. The molecule has 1 rings (SSSR count). The van der Waals surface area contributed by atoms with Crippen LogP contribution in [0.5, 0.6) is 0 Å². The van der Waals surface area contributed by atoms with Crippen LogP contribution in [0.4, 0.5) is 0 Å². The van der Waals surface area contributed by atoms with Gasteiger partial charge in [-0.25, -0.2) is 0 Å². The van der Waals surface area contributed by atoms with Gasteiger partial charge in [0.1, 0.15) is 5.60 Å². The van der Waals surface area contributed by atoms with Crippen molar-refractivity contribution in [1.29, 1.82) is 0 Å². The van der Waals surface area contributed by atoms with Gasteiger partial charge in [0.15, 0.2) is 0 Å². The molecular formula is C14H20BrNO2. The van der Waals surface area contributed by atoms with Crippen molar-refractivity contribution in [2.75, 3.05) is 7.11 Å². The van der Waals surface area contributed by atoms with Gasteiger partial charge in [0, 0.05) is 11.6 Å². The van der Waals surface area contributed by atoms with Gasteiger partial charge in [-0.05, 0) is 38.0 Å². The number of carbonyl (C=O) groups is 1. The first kappa shape index (κ1) is 15.2. The lowest BCUT2D eigenvalue weighted by molar-refractivity contribution is -0.140. The minimum absolute atomic E-state index is 0.0139. The largest absolute Gasteiger partial charge is 0.369 e. The topological polar surface area (TPSA) is 38.3 Å². The molecule has 1 aromatic carbocycles. The Hall–Kier alpha value is -0.870. The summed E-state index contributed by atoms with van der Waals surface area (Å²) in [6.07, 6.45) is 0.840. The molecule has 4 heteroatoms. The zero-order valence-corrected chi connectivity index (χ0v) is 12.9. The van der Waals surface area contributed by atoms with Crippen molar-refractivity contribution < 1.29 is 9.53 Å². The zero-order valence-electron chi connectivity index (χ0n) is 11.3. The van der Waals surface area contributed by atoms with Crippen LogP contribution in [-0.2, 0) is 9.53 Å². The molecular weight excluding hydrogens is 294 g/mol. The second kappa shape index (κ2) is 6.34. The lowest BCUT2D eigenvalue weighted by Crippen LogP contribution is -2.44. The van der Waals surface area contributed by atoms with Crippen molar-refractivity contribution in [2.24, 2.45) is 0 Å². The van der Waals surface area contributed by atoms with E-state index in [0.29, 0.717) is 0 Å². The monoisotopic (exact) mass is 313 g/mol. The van der Waals surface area contributed by atoms with E-state index >= 15 is 0 Å². The van der Waals surface area contributed by atoms with Gasteiger partial charge in [0.25, 0.3) is 5.91 Å². The molecule has 0 aromatic heterocycles. The van der Waals surface area contributed by atoms with Crippen molar-refractivity contribution in [3.05, 3.63) is 34.3 Å². The Labute approximate surface area is 117 Å². The number of rotatable bonds is 5. The molecule has 1 atom stereocenters. The van der Waals surface area contributed by atoms with Crippen LogP contribution in [0.3, 0.4) is 0 Å². The van der Waals surface area contributed by atoms with E-state index in [2.05, 4.69) is 21.2 Å². The number of amides is 1. The molecule has 0 aliphatic rings. The number of carbonyl (C=O) groups excluding carboxylic acids is 1. The number of halogens is 1. The summed E-state index contributed by atoms with van der Waals surface area (Å²) < 4.78 is 6.21. The van der Waals surface area contributed by atoms with Gasteiger partial charge in [0.05, 0.1) is 6.04 Å². The van der Waals surface area contributed by atoms with Crippen LogP contribution in [0.25, 0.3) is 0 Å². The summed E-state index contributed by atoms with van der Waals surface area (Å²) >= 11 is 3.40. The Kier molecular flexibility index (Phi) is 5.35. The summed E-state index contributed by atoms with van der Waals surface area (Å²) in [7, 11) is 1.54. The Morgan fingerprint density at radius 3 is 2.39 bits per heavy atom. The third kappa shape index (κ3) is 3.82. The van der Waals surface area contributed by atoms with Gasteiger partial charge < -0.3 is 10.1 Å². The summed E-state index contributed by atoms with van der Waals surface area (Å²) in [5.74, 6) is -0.0974. The maximum atomic E-state index is 12.1. The molecule has 0 fully saturated rings. The molecule has 1 unspecified atom stereocenters. The van der Waals surface area contributed by atoms with Crippen molar-refractivity contribution in [1.82, 2.24) is 5.32 Å². The smallest absolute Gasteiger partial charge is 0.252 e. The molecule has 3 nitrogen and oxygen atoms in total. The molecule has 18 heavy (non-hydrogen) atoms. The molecule has 1 amide bonds. The lowest BCUT2D eigenvalue weighted by Gasteiger charge is -2.26. The van der Waals surface area contributed by atoms with E-state index in [4.69, 9.17) is 4.74 Å². The summed E-state index contributed by atoms with van der Waals surface area (Å²) in [5.41, 5.74) is 0.295. The highest BCUT2D eigenvalue weighted by molar-refractivity contribution is 9.10. The maximum Gasteiger partial charge on any atom is 0.252 e. The van der Waals surface area contributed by atoms with Gasteiger partial charge in [0.2, 0.25) is 0 Å². The maximum absolute atomic E-state index is 12.1. The average Bonchev–Trinajstić information content (AvgIpc) is 2.36. The van der Waals surface area contributed by atoms with Gasteiger partial charge in [-0.15, -0.1) is 0 Å². The standard InChI is InChI=1S/C14H20BrNO2/c1-5-12(10-6-8-11(15)9-7-10)16-13(17)14(2,3)18-4/h6-9,12H,5H2,1-4H3,(H,16,17). The average molecular weight is 314 g/mol. The molecule has 0 spiro atoms. The van der Waals surface area contributed by atoms with Crippen LogP contribution >= 0.6 is 15.9 Å². The molecule has 0 saturated heterocycles. The molecule has 1 aromatic rings. The predicted molar refractivity (Wildman–Crippen MR) is 76.4 cm³/mol. The normalized spacial score (nSPS) is 13.2. The Morgan fingerprint density at radius 2 is 1.94 bits per heavy atom. The van der Waals surface area contributed by atoms with Crippen LogP contribution in [-0.4, -0.2) is 18.6 Å². The molecule has 0 saturated carbocycles. The molecule has 0 aliphatic carbocycles. The third-order valence-corrected chi connectivity index (χ3v) is 3.57. The number of nitrogens with one attached hydrogen (secondary N) is 1. The molecule has 0 heterocycles.